The molecule has 3 rings (SSSR count). The largest absolute Gasteiger partial charge is 0.357 e. The van der Waals surface area contributed by atoms with Crippen LogP contribution in [0.25, 0.3) is 0 Å². The Bertz CT molecular complexity index is 618. The van der Waals surface area contributed by atoms with E-state index in [0.717, 1.165) is 44.9 Å². The first-order chi connectivity index (χ1) is 13.2. The number of nitrogens with zero attached hydrogens (tertiary/aromatic N) is 1. The van der Waals surface area contributed by atoms with Crippen LogP contribution in [-0.2, 0) is 10.2 Å². The maximum absolute atomic E-state index is 11.8. The lowest BCUT2D eigenvalue weighted by Crippen LogP contribution is -2.39. The van der Waals surface area contributed by atoms with Crippen molar-refractivity contribution in [1.82, 2.24) is 16.0 Å². The van der Waals surface area contributed by atoms with Gasteiger partial charge < -0.3 is 16.0 Å². The molecule has 148 valence electrons. The maximum atomic E-state index is 11.8. The van der Waals surface area contributed by atoms with Gasteiger partial charge in [0.15, 0.2) is 5.96 Å². The number of amides is 1. The van der Waals surface area contributed by atoms with E-state index in [1.165, 1.54) is 31.2 Å². The van der Waals surface area contributed by atoms with Gasteiger partial charge in [0.1, 0.15) is 0 Å². The highest BCUT2D eigenvalue weighted by molar-refractivity contribution is 5.80. The molecule has 5 heteroatoms. The topological polar surface area (TPSA) is 65.5 Å². The van der Waals surface area contributed by atoms with Gasteiger partial charge in [-0.15, -0.1) is 0 Å². The van der Waals surface area contributed by atoms with Gasteiger partial charge in [-0.1, -0.05) is 43.2 Å². The second kappa shape index (κ2) is 9.77. The molecule has 0 atom stereocenters. The predicted octanol–water partition coefficient (Wildman–Crippen LogP) is 3.11. The molecule has 2 aliphatic carbocycles. The summed E-state index contributed by atoms with van der Waals surface area (Å²) in [5.74, 6) is 1.04. The zero-order chi connectivity index (χ0) is 19.0. The van der Waals surface area contributed by atoms with E-state index < -0.39 is 0 Å². The first kappa shape index (κ1) is 19.7. The minimum atomic E-state index is 0.174. The number of benzene rings is 1. The number of nitrogens with one attached hydrogen (secondary N) is 3. The Balaban J connectivity index is 1.51. The third-order valence-corrected chi connectivity index (χ3v) is 5.65. The van der Waals surface area contributed by atoms with Gasteiger partial charge in [0.05, 0.1) is 6.54 Å². The number of guanidine groups is 1. The average molecular weight is 371 g/mol. The van der Waals surface area contributed by atoms with Crippen LogP contribution in [0, 0.1) is 0 Å². The summed E-state index contributed by atoms with van der Waals surface area (Å²) in [4.78, 5) is 16.7. The normalized spacial score (nSPS) is 18.9. The van der Waals surface area contributed by atoms with E-state index in [2.05, 4.69) is 53.2 Å². The highest BCUT2D eigenvalue weighted by atomic mass is 16.1. The molecule has 2 saturated carbocycles. The summed E-state index contributed by atoms with van der Waals surface area (Å²) in [6.45, 7) is 4.51. The van der Waals surface area contributed by atoms with Crippen molar-refractivity contribution < 1.29 is 4.79 Å². The predicted molar refractivity (Wildman–Crippen MR) is 111 cm³/mol. The van der Waals surface area contributed by atoms with Crippen LogP contribution >= 0.6 is 0 Å². The van der Waals surface area contributed by atoms with E-state index in [1.807, 2.05) is 0 Å². The van der Waals surface area contributed by atoms with E-state index in [1.54, 1.807) is 0 Å². The summed E-state index contributed by atoms with van der Waals surface area (Å²) in [6.07, 6.45) is 8.68. The van der Waals surface area contributed by atoms with Gasteiger partial charge in [0, 0.05) is 31.0 Å². The summed E-state index contributed by atoms with van der Waals surface area (Å²) >= 11 is 0. The molecule has 1 aromatic rings. The summed E-state index contributed by atoms with van der Waals surface area (Å²) in [5.41, 5.74) is 1.59. The van der Waals surface area contributed by atoms with Crippen molar-refractivity contribution in [3.05, 3.63) is 35.9 Å². The number of hydrogen-bond acceptors (Lipinski definition) is 2. The second-order valence-electron chi connectivity index (χ2n) is 7.92. The van der Waals surface area contributed by atoms with Crippen LogP contribution in [0.3, 0.4) is 0 Å². The van der Waals surface area contributed by atoms with E-state index in [-0.39, 0.29) is 11.3 Å². The molecule has 2 fully saturated rings. The van der Waals surface area contributed by atoms with Crippen LogP contribution in [0.2, 0.25) is 0 Å². The zero-order valence-corrected chi connectivity index (χ0v) is 16.6. The zero-order valence-electron chi connectivity index (χ0n) is 16.6. The van der Waals surface area contributed by atoms with E-state index >= 15 is 0 Å². The minimum absolute atomic E-state index is 0.174. The Labute approximate surface area is 163 Å². The molecule has 0 spiro atoms. The summed E-state index contributed by atoms with van der Waals surface area (Å²) in [5, 5.41) is 9.78. The molecular formula is C22H34N4O. The van der Waals surface area contributed by atoms with Crippen LogP contribution in [-0.4, -0.2) is 37.5 Å². The van der Waals surface area contributed by atoms with E-state index in [9.17, 15) is 4.79 Å². The molecule has 1 amide bonds. The molecule has 0 heterocycles. The molecule has 0 aromatic heterocycles. The SMILES string of the molecule is CCNC(=NCC1(c2ccccc2)CCCC1)NCCCC(=O)NC1CC1. The molecule has 0 saturated heterocycles. The lowest BCUT2D eigenvalue weighted by atomic mass is 9.79. The van der Waals surface area contributed by atoms with Crippen LogP contribution in [0.5, 0.6) is 0 Å². The quantitative estimate of drug-likeness (QED) is 0.355. The fourth-order valence-corrected chi connectivity index (χ4v) is 3.94. The van der Waals surface area contributed by atoms with Crippen LogP contribution in [0.1, 0.15) is 63.9 Å². The van der Waals surface area contributed by atoms with Crippen LogP contribution in [0.15, 0.2) is 35.3 Å². The Morgan fingerprint density at radius 2 is 1.89 bits per heavy atom. The summed E-state index contributed by atoms with van der Waals surface area (Å²) < 4.78 is 0. The smallest absolute Gasteiger partial charge is 0.220 e. The fraction of sp³-hybridized carbons (Fsp3) is 0.636. The third-order valence-electron chi connectivity index (χ3n) is 5.65. The molecule has 5 nitrogen and oxygen atoms in total. The molecule has 3 N–H and O–H groups in total. The summed E-state index contributed by atoms with van der Waals surface area (Å²) in [7, 11) is 0. The van der Waals surface area contributed by atoms with Crippen molar-refractivity contribution in [3.63, 3.8) is 0 Å². The van der Waals surface area contributed by atoms with Gasteiger partial charge in [-0.2, -0.15) is 0 Å². The Kier molecular flexibility index (Phi) is 7.13. The number of aliphatic imine (C=N–C) groups is 1. The van der Waals surface area contributed by atoms with Crippen molar-refractivity contribution in [2.24, 2.45) is 4.99 Å². The van der Waals surface area contributed by atoms with Gasteiger partial charge in [-0.25, -0.2) is 0 Å². The molecule has 0 radical (unpaired) electrons. The number of carbonyl (C=O) groups is 1. The van der Waals surface area contributed by atoms with Gasteiger partial charge in [-0.05, 0) is 44.6 Å². The van der Waals surface area contributed by atoms with Crippen molar-refractivity contribution in [3.8, 4) is 0 Å². The van der Waals surface area contributed by atoms with Crippen LogP contribution < -0.4 is 16.0 Å². The Morgan fingerprint density at radius 1 is 1.15 bits per heavy atom. The lowest BCUT2D eigenvalue weighted by Gasteiger charge is -2.28. The van der Waals surface area contributed by atoms with Gasteiger partial charge in [0.2, 0.25) is 5.91 Å². The lowest BCUT2D eigenvalue weighted by molar-refractivity contribution is -0.121. The molecule has 0 aliphatic heterocycles. The number of hydrogen-bond donors (Lipinski definition) is 3. The van der Waals surface area contributed by atoms with Gasteiger partial charge in [-0.3, -0.25) is 9.79 Å². The maximum Gasteiger partial charge on any atom is 0.220 e. The standard InChI is InChI=1S/C22H34N4O/c1-2-23-21(24-16-8-11-20(27)26-19-12-13-19)25-17-22(14-6-7-15-22)18-9-4-3-5-10-18/h3-5,9-10,19H,2,6-8,11-17H2,1H3,(H,26,27)(H2,23,24,25). The second-order valence-corrected chi connectivity index (χ2v) is 7.92. The molecule has 0 unspecified atom stereocenters. The molecule has 27 heavy (non-hydrogen) atoms. The summed E-state index contributed by atoms with van der Waals surface area (Å²) in [6, 6.07) is 11.3. The third kappa shape index (κ3) is 5.98. The molecule has 1 aromatic carbocycles. The van der Waals surface area contributed by atoms with Gasteiger partial charge >= 0.3 is 0 Å². The van der Waals surface area contributed by atoms with E-state index in [0.29, 0.717) is 12.5 Å². The molecule has 0 bridgehead atoms. The molecular weight excluding hydrogens is 336 g/mol. The Hall–Kier alpha value is -2.04. The van der Waals surface area contributed by atoms with Crippen molar-refractivity contribution in [2.45, 2.75) is 69.7 Å². The van der Waals surface area contributed by atoms with Crippen LogP contribution in [0.4, 0.5) is 0 Å². The molecule has 2 aliphatic rings. The number of rotatable bonds is 9. The highest BCUT2D eigenvalue weighted by Crippen LogP contribution is 2.41. The monoisotopic (exact) mass is 370 g/mol. The van der Waals surface area contributed by atoms with Crippen molar-refractivity contribution in [1.29, 1.82) is 0 Å². The first-order valence-electron chi connectivity index (χ1n) is 10.6. The first-order valence-corrected chi connectivity index (χ1v) is 10.6. The fourth-order valence-electron chi connectivity index (χ4n) is 3.94. The van der Waals surface area contributed by atoms with Crippen molar-refractivity contribution in [2.75, 3.05) is 19.6 Å². The van der Waals surface area contributed by atoms with Crippen molar-refractivity contribution >= 4 is 11.9 Å². The van der Waals surface area contributed by atoms with Gasteiger partial charge in [0.25, 0.3) is 0 Å². The number of carbonyl (C=O) groups excluding carboxylic acids is 1. The Morgan fingerprint density at radius 3 is 2.56 bits per heavy atom. The van der Waals surface area contributed by atoms with E-state index in [4.69, 9.17) is 4.99 Å². The average Bonchev–Trinajstić information content (AvgIpc) is 3.37. The highest BCUT2D eigenvalue weighted by Gasteiger charge is 2.35. The minimum Gasteiger partial charge on any atom is -0.357 e.